The average Bonchev–Trinajstić information content (AvgIpc) is 2.71. The van der Waals surface area contributed by atoms with Crippen molar-refractivity contribution >= 4 is 34.4 Å². The van der Waals surface area contributed by atoms with E-state index in [-0.39, 0.29) is 0 Å². The monoisotopic (exact) mass is 261 g/mol. The van der Waals surface area contributed by atoms with Crippen molar-refractivity contribution in [1.29, 1.82) is 0 Å². The topological polar surface area (TPSA) is 41.6 Å². The first-order valence-corrected chi connectivity index (χ1v) is 6.26. The molecule has 5 heteroatoms. The molecule has 1 aromatic carbocycles. The van der Waals surface area contributed by atoms with Crippen LogP contribution in [0.1, 0.15) is 0 Å². The zero-order valence-corrected chi connectivity index (χ0v) is 10.3. The van der Waals surface area contributed by atoms with E-state index in [1.807, 2.05) is 36.4 Å². The van der Waals surface area contributed by atoms with Crippen molar-refractivity contribution in [2.75, 3.05) is 0 Å². The van der Waals surface area contributed by atoms with E-state index in [2.05, 4.69) is 15.0 Å². The van der Waals surface area contributed by atoms with E-state index >= 15 is 0 Å². The molecular weight excluding hydrogens is 254 g/mol. The molecule has 0 spiro atoms. The Morgan fingerprint density at radius 1 is 1.00 bits per heavy atom. The number of nitrogens with zero attached hydrogens (tertiary/aromatic N) is 2. The molecule has 3 rings (SSSR count). The van der Waals surface area contributed by atoms with E-state index in [1.165, 1.54) is 11.8 Å². The van der Waals surface area contributed by atoms with Crippen LogP contribution < -0.4 is 0 Å². The van der Waals surface area contributed by atoms with Crippen LogP contribution in [0, 0.1) is 0 Å². The predicted molar refractivity (Wildman–Crippen MR) is 69.5 cm³/mol. The molecule has 0 saturated carbocycles. The van der Waals surface area contributed by atoms with E-state index in [0.717, 1.165) is 21.2 Å². The lowest BCUT2D eigenvalue weighted by Crippen LogP contribution is -1.81. The highest BCUT2D eigenvalue weighted by molar-refractivity contribution is 7.99. The van der Waals surface area contributed by atoms with Gasteiger partial charge in [0, 0.05) is 0 Å². The molecule has 17 heavy (non-hydrogen) atoms. The Labute approximate surface area is 107 Å². The third-order valence-electron chi connectivity index (χ3n) is 2.26. The van der Waals surface area contributed by atoms with Gasteiger partial charge in [0.1, 0.15) is 10.2 Å². The first-order chi connectivity index (χ1) is 8.31. The largest absolute Gasteiger partial charge is 0.333 e. The van der Waals surface area contributed by atoms with Gasteiger partial charge in [0.2, 0.25) is 0 Å². The molecule has 0 saturated heterocycles. The van der Waals surface area contributed by atoms with E-state index in [1.54, 1.807) is 6.07 Å². The van der Waals surface area contributed by atoms with Crippen LogP contribution in [0.3, 0.4) is 0 Å². The van der Waals surface area contributed by atoms with Gasteiger partial charge in [-0.1, -0.05) is 29.8 Å². The number of pyridine rings is 1. The fraction of sp³-hybridized carbons (Fsp3) is 0. The van der Waals surface area contributed by atoms with Crippen LogP contribution in [0.15, 0.2) is 52.6 Å². The number of para-hydroxylation sites is 2. The van der Waals surface area contributed by atoms with Crippen LogP contribution in [0.5, 0.6) is 0 Å². The molecule has 1 N–H and O–H groups in total. The van der Waals surface area contributed by atoms with Crippen molar-refractivity contribution in [3.8, 4) is 0 Å². The van der Waals surface area contributed by atoms with Crippen LogP contribution in [-0.2, 0) is 0 Å². The first-order valence-electron chi connectivity index (χ1n) is 5.06. The smallest absolute Gasteiger partial charge is 0.172 e. The second-order valence-corrected chi connectivity index (χ2v) is 4.86. The van der Waals surface area contributed by atoms with Crippen molar-refractivity contribution in [2.24, 2.45) is 0 Å². The standard InChI is InChI=1S/C12H8ClN3S/c13-10-6-3-7-11(16-10)17-12-14-8-4-1-2-5-9(8)15-12/h1-7H,(H,14,15). The summed E-state index contributed by atoms with van der Waals surface area (Å²) in [4.78, 5) is 11.9. The summed E-state index contributed by atoms with van der Waals surface area (Å²) in [5.41, 5.74) is 1.98. The number of benzene rings is 1. The predicted octanol–water partition coefficient (Wildman–Crippen LogP) is 3.76. The number of hydrogen-bond donors (Lipinski definition) is 1. The van der Waals surface area contributed by atoms with Gasteiger partial charge in [-0.05, 0) is 36.0 Å². The summed E-state index contributed by atoms with van der Waals surface area (Å²) in [7, 11) is 0. The quantitative estimate of drug-likeness (QED) is 0.714. The van der Waals surface area contributed by atoms with Crippen LogP contribution in [0.25, 0.3) is 11.0 Å². The van der Waals surface area contributed by atoms with Gasteiger partial charge in [-0.15, -0.1) is 0 Å². The number of imidazole rings is 1. The van der Waals surface area contributed by atoms with Gasteiger partial charge in [-0.2, -0.15) is 0 Å². The molecule has 84 valence electrons. The molecule has 3 aromatic rings. The maximum Gasteiger partial charge on any atom is 0.172 e. The number of nitrogens with one attached hydrogen (secondary N) is 1. The fourth-order valence-electron chi connectivity index (χ4n) is 1.52. The molecule has 0 aliphatic carbocycles. The molecule has 3 nitrogen and oxygen atoms in total. The second-order valence-electron chi connectivity index (χ2n) is 3.46. The lowest BCUT2D eigenvalue weighted by atomic mass is 10.3. The fourth-order valence-corrected chi connectivity index (χ4v) is 2.53. The summed E-state index contributed by atoms with van der Waals surface area (Å²) in [5.74, 6) is 0. The number of aromatic amines is 1. The van der Waals surface area contributed by atoms with Crippen molar-refractivity contribution < 1.29 is 0 Å². The molecular formula is C12H8ClN3S. The Morgan fingerprint density at radius 2 is 1.88 bits per heavy atom. The maximum atomic E-state index is 5.83. The molecule has 0 aliphatic rings. The summed E-state index contributed by atoms with van der Waals surface area (Å²) in [5, 5.41) is 2.14. The van der Waals surface area contributed by atoms with E-state index < -0.39 is 0 Å². The highest BCUT2D eigenvalue weighted by atomic mass is 35.5. The maximum absolute atomic E-state index is 5.83. The van der Waals surface area contributed by atoms with Crippen molar-refractivity contribution in [2.45, 2.75) is 10.2 Å². The Hall–Kier alpha value is -1.52. The van der Waals surface area contributed by atoms with Crippen molar-refractivity contribution in [3.05, 3.63) is 47.6 Å². The molecule has 0 fully saturated rings. The molecule has 0 bridgehead atoms. The van der Waals surface area contributed by atoms with Crippen LogP contribution >= 0.6 is 23.4 Å². The lowest BCUT2D eigenvalue weighted by Gasteiger charge is -1.96. The summed E-state index contributed by atoms with van der Waals surface area (Å²) < 4.78 is 0. The van der Waals surface area contributed by atoms with Gasteiger partial charge in [0.05, 0.1) is 11.0 Å². The van der Waals surface area contributed by atoms with E-state index in [0.29, 0.717) is 5.15 Å². The van der Waals surface area contributed by atoms with Gasteiger partial charge >= 0.3 is 0 Å². The van der Waals surface area contributed by atoms with Crippen LogP contribution in [0.4, 0.5) is 0 Å². The van der Waals surface area contributed by atoms with Crippen molar-refractivity contribution in [1.82, 2.24) is 15.0 Å². The summed E-state index contributed by atoms with van der Waals surface area (Å²) in [6, 6.07) is 13.5. The van der Waals surface area contributed by atoms with Gasteiger partial charge < -0.3 is 4.98 Å². The lowest BCUT2D eigenvalue weighted by molar-refractivity contribution is 1.06. The molecule has 0 aliphatic heterocycles. The number of halogens is 1. The highest BCUT2D eigenvalue weighted by Crippen LogP contribution is 2.26. The van der Waals surface area contributed by atoms with Crippen LogP contribution in [-0.4, -0.2) is 15.0 Å². The zero-order chi connectivity index (χ0) is 11.7. The zero-order valence-electron chi connectivity index (χ0n) is 8.72. The normalized spacial score (nSPS) is 10.9. The van der Waals surface area contributed by atoms with Crippen molar-refractivity contribution in [3.63, 3.8) is 0 Å². The molecule has 2 heterocycles. The van der Waals surface area contributed by atoms with Gasteiger partial charge in [-0.3, -0.25) is 0 Å². The van der Waals surface area contributed by atoms with Gasteiger partial charge in [-0.25, -0.2) is 9.97 Å². The first kappa shape index (κ1) is 10.6. The minimum absolute atomic E-state index is 0.492. The summed E-state index contributed by atoms with van der Waals surface area (Å²) in [6.07, 6.45) is 0. The Balaban J connectivity index is 1.94. The minimum atomic E-state index is 0.492. The molecule has 0 amide bonds. The third kappa shape index (κ3) is 2.28. The van der Waals surface area contributed by atoms with Crippen LogP contribution in [0.2, 0.25) is 5.15 Å². The molecule has 0 unspecified atom stereocenters. The summed E-state index contributed by atoms with van der Waals surface area (Å²) in [6.45, 7) is 0. The average molecular weight is 262 g/mol. The number of aromatic nitrogens is 3. The van der Waals surface area contributed by atoms with Gasteiger partial charge in [0.25, 0.3) is 0 Å². The second kappa shape index (κ2) is 4.39. The SMILES string of the molecule is Clc1cccc(Sc2nc3ccccc3[nH]2)n1. The van der Waals surface area contributed by atoms with Gasteiger partial charge in [0.15, 0.2) is 5.16 Å². The number of H-pyrrole nitrogens is 1. The molecule has 0 atom stereocenters. The number of rotatable bonds is 2. The Morgan fingerprint density at radius 3 is 2.71 bits per heavy atom. The van der Waals surface area contributed by atoms with E-state index in [4.69, 9.17) is 11.6 Å². The summed E-state index contributed by atoms with van der Waals surface area (Å²) >= 11 is 7.30. The number of hydrogen-bond acceptors (Lipinski definition) is 3. The number of fused-ring (bicyclic) bond motifs is 1. The molecule has 0 radical (unpaired) electrons. The Bertz CT molecular complexity index is 632. The minimum Gasteiger partial charge on any atom is -0.333 e. The molecule has 2 aromatic heterocycles. The van der Waals surface area contributed by atoms with E-state index in [9.17, 15) is 0 Å². The third-order valence-corrected chi connectivity index (χ3v) is 3.29. The highest BCUT2D eigenvalue weighted by Gasteiger charge is 2.05. The Kier molecular flexibility index (Phi) is 2.74.